The predicted octanol–water partition coefficient (Wildman–Crippen LogP) is 3.55. The zero-order valence-electron chi connectivity index (χ0n) is 15.0. The third kappa shape index (κ3) is 4.26. The third-order valence-electron chi connectivity index (χ3n) is 4.13. The molecule has 0 fully saturated rings. The first-order valence-corrected chi connectivity index (χ1v) is 9.34. The van der Waals surface area contributed by atoms with Crippen molar-refractivity contribution < 1.29 is 13.9 Å². The van der Waals surface area contributed by atoms with Gasteiger partial charge in [0.15, 0.2) is 10.9 Å². The molecule has 0 aliphatic rings. The molecule has 0 N–H and O–H groups in total. The number of ether oxygens (including phenoxy) is 1. The van der Waals surface area contributed by atoms with E-state index in [-0.39, 0.29) is 11.3 Å². The topological polar surface area (TPSA) is 61.2 Å². The highest BCUT2D eigenvalue weighted by molar-refractivity contribution is 8.00. The van der Waals surface area contributed by atoms with E-state index in [2.05, 4.69) is 4.98 Å². The van der Waals surface area contributed by atoms with Crippen LogP contribution in [0.2, 0.25) is 0 Å². The van der Waals surface area contributed by atoms with Crippen molar-refractivity contribution in [3.63, 3.8) is 0 Å². The lowest BCUT2D eigenvalue weighted by molar-refractivity contribution is 0.0993. The minimum absolute atomic E-state index is 0.152. The van der Waals surface area contributed by atoms with Crippen LogP contribution in [0.4, 0.5) is 4.39 Å². The third-order valence-corrected chi connectivity index (χ3v) is 5.22. The molecule has 1 aromatic heterocycles. The second kappa shape index (κ2) is 8.45. The van der Waals surface area contributed by atoms with E-state index in [0.717, 1.165) is 0 Å². The maximum absolute atomic E-state index is 13.1. The summed E-state index contributed by atoms with van der Waals surface area (Å²) in [5.74, 6) is -0.544. The molecule has 0 spiro atoms. The van der Waals surface area contributed by atoms with E-state index in [1.165, 1.54) is 40.6 Å². The van der Waals surface area contributed by atoms with Crippen molar-refractivity contribution in [2.45, 2.75) is 23.9 Å². The number of aromatic nitrogens is 2. The van der Waals surface area contributed by atoms with Crippen molar-refractivity contribution in [2.24, 2.45) is 0 Å². The fraction of sp³-hybridized carbons (Fsp3) is 0.250. The van der Waals surface area contributed by atoms with Gasteiger partial charge in [-0.05, 0) is 43.3 Å². The zero-order chi connectivity index (χ0) is 19.4. The maximum atomic E-state index is 13.1. The Morgan fingerprint density at radius 1 is 1.22 bits per heavy atom. The second-order valence-corrected chi connectivity index (χ2v) is 7.30. The number of carbonyl (C=O) groups excluding carboxylic acids is 1. The molecule has 3 rings (SSSR count). The molecule has 7 heteroatoms. The minimum atomic E-state index is -0.489. The van der Waals surface area contributed by atoms with Crippen LogP contribution in [-0.2, 0) is 11.3 Å². The summed E-state index contributed by atoms with van der Waals surface area (Å²) in [5, 5.41) is 0.492. The first kappa shape index (κ1) is 19.3. The van der Waals surface area contributed by atoms with E-state index in [1.807, 2.05) is 6.07 Å². The lowest BCUT2D eigenvalue weighted by Crippen LogP contribution is -2.26. The molecule has 0 radical (unpaired) electrons. The number of Topliss-reactive ketones (excluding diaryl/α,β-unsaturated/α-hetero) is 1. The lowest BCUT2D eigenvalue weighted by atomic mass is 10.1. The summed E-state index contributed by atoms with van der Waals surface area (Å²) in [6, 6.07) is 12.5. The van der Waals surface area contributed by atoms with Gasteiger partial charge in [0.05, 0.1) is 29.3 Å². The Hall–Kier alpha value is -2.51. The fourth-order valence-electron chi connectivity index (χ4n) is 2.68. The van der Waals surface area contributed by atoms with Crippen LogP contribution in [0.5, 0.6) is 0 Å². The van der Waals surface area contributed by atoms with Gasteiger partial charge in [0, 0.05) is 12.7 Å². The van der Waals surface area contributed by atoms with Crippen molar-refractivity contribution in [3.05, 3.63) is 70.3 Å². The molecule has 0 aliphatic carbocycles. The number of methoxy groups -OCH3 is 1. The van der Waals surface area contributed by atoms with Gasteiger partial charge in [-0.25, -0.2) is 9.37 Å². The van der Waals surface area contributed by atoms with Gasteiger partial charge in [0.2, 0.25) is 0 Å². The summed E-state index contributed by atoms with van der Waals surface area (Å²) < 4.78 is 19.7. The van der Waals surface area contributed by atoms with Gasteiger partial charge >= 0.3 is 0 Å². The number of ketones is 1. The summed E-state index contributed by atoms with van der Waals surface area (Å²) in [5.41, 5.74) is 0.838. The van der Waals surface area contributed by atoms with Crippen LogP contribution < -0.4 is 5.56 Å². The molecule has 27 heavy (non-hydrogen) atoms. The molecule has 2 aromatic carbocycles. The molecule has 140 valence electrons. The fourth-order valence-corrected chi connectivity index (χ4v) is 3.69. The summed E-state index contributed by atoms with van der Waals surface area (Å²) in [6.07, 6.45) is 0. The minimum Gasteiger partial charge on any atom is -0.383 e. The van der Waals surface area contributed by atoms with Crippen LogP contribution in [-0.4, -0.2) is 34.3 Å². The van der Waals surface area contributed by atoms with Gasteiger partial charge in [-0.2, -0.15) is 0 Å². The maximum Gasteiger partial charge on any atom is 0.262 e. The van der Waals surface area contributed by atoms with Gasteiger partial charge < -0.3 is 4.74 Å². The van der Waals surface area contributed by atoms with Gasteiger partial charge in [0.25, 0.3) is 5.56 Å². The van der Waals surface area contributed by atoms with Crippen LogP contribution in [0.25, 0.3) is 10.9 Å². The van der Waals surface area contributed by atoms with Crippen molar-refractivity contribution in [1.29, 1.82) is 0 Å². The summed E-state index contributed by atoms with van der Waals surface area (Å²) >= 11 is 1.21. The summed E-state index contributed by atoms with van der Waals surface area (Å²) in [6.45, 7) is 2.44. The highest BCUT2D eigenvalue weighted by Crippen LogP contribution is 2.25. The van der Waals surface area contributed by atoms with Gasteiger partial charge in [0.1, 0.15) is 5.82 Å². The molecule has 1 atom stereocenters. The average molecular weight is 386 g/mol. The smallest absolute Gasteiger partial charge is 0.262 e. The average Bonchev–Trinajstić information content (AvgIpc) is 2.68. The number of benzene rings is 2. The Balaban J connectivity index is 1.95. The highest BCUT2D eigenvalue weighted by atomic mass is 32.2. The van der Waals surface area contributed by atoms with Crippen molar-refractivity contribution in [1.82, 2.24) is 9.55 Å². The van der Waals surface area contributed by atoms with E-state index in [1.54, 1.807) is 32.2 Å². The quantitative estimate of drug-likeness (QED) is 0.353. The standard InChI is InChI=1S/C20H19FN2O3S/c1-13(18(24)14-7-9-15(21)10-8-14)27-20-22-17-6-4-3-5-16(17)19(25)23(20)11-12-26-2/h3-10,13H,11-12H2,1-2H3/t13-/m0/s1. The molecule has 0 saturated carbocycles. The Morgan fingerprint density at radius 2 is 1.93 bits per heavy atom. The monoisotopic (exact) mass is 386 g/mol. The van der Waals surface area contributed by atoms with Crippen LogP contribution in [0.3, 0.4) is 0 Å². The van der Waals surface area contributed by atoms with E-state index in [4.69, 9.17) is 4.74 Å². The number of para-hydroxylation sites is 1. The second-order valence-electron chi connectivity index (χ2n) is 5.99. The van der Waals surface area contributed by atoms with Gasteiger partial charge in [-0.1, -0.05) is 23.9 Å². The van der Waals surface area contributed by atoms with E-state index in [0.29, 0.717) is 34.8 Å². The first-order valence-electron chi connectivity index (χ1n) is 8.46. The molecule has 0 bridgehead atoms. The Morgan fingerprint density at radius 3 is 2.63 bits per heavy atom. The number of hydrogen-bond donors (Lipinski definition) is 0. The van der Waals surface area contributed by atoms with Crippen LogP contribution in [0.1, 0.15) is 17.3 Å². The van der Waals surface area contributed by atoms with Crippen LogP contribution in [0, 0.1) is 5.82 Å². The molecule has 0 amide bonds. The van der Waals surface area contributed by atoms with Crippen LogP contribution >= 0.6 is 11.8 Å². The molecule has 0 saturated heterocycles. The molecule has 0 unspecified atom stereocenters. The predicted molar refractivity (Wildman–Crippen MR) is 104 cm³/mol. The summed E-state index contributed by atoms with van der Waals surface area (Å²) in [7, 11) is 1.56. The number of nitrogens with zero attached hydrogens (tertiary/aromatic N) is 2. The van der Waals surface area contributed by atoms with Crippen molar-refractivity contribution >= 4 is 28.4 Å². The molecule has 0 aliphatic heterocycles. The van der Waals surface area contributed by atoms with Crippen molar-refractivity contribution in [2.75, 3.05) is 13.7 Å². The van der Waals surface area contributed by atoms with Gasteiger partial charge in [-0.3, -0.25) is 14.2 Å². The van der Waals surface area contributed by atoms with Crippen molar-refractivity contribution in [3.8, 4) is 0 Å². The van der Waals surface area contributed by atoms with E-state index >= 15 is 0 Å². The lowest BCUT2D eigenvalue weighted by Gasteiger charge is -2.15. The molecular weight excluding hydrogens is 367 g/mol. The number of carbonyl (C=O) groups is 1. The Kier molecular flexibility index (Phi) is 6.03. The number of rotatable bonds is 7. The first-order chi connectivity index (χ1) is 13.0. The highest BCUT2D eigenvalue weighted by Gasteiger charge is 2.20. The molecule has 1 heterocycles. The number of thioether (sulfide) groups is 1. The van der Waals surface area contributed by atoms with E-state index < -0.39 is 11.1 Å². The van der Waals surface area contributed by atoms with Crippen LogP contribution in [0.15, 0.2) is 58.5 Å². The Labute approximate surface area is 160 Å². The molecular formula is C20H19FN2O3S. The number of fused-ring (bicyclic) bond motifs is 1. The molecule has 3 aromatic rings. The Bertz CT molecular complexity index is 1020. The number of hydrogen-bond acceptors (Lipinski definition) is 5. The molecule has 5 nitrogen and oxygen atoms in total. The normalized spacial score (nSPS) is 12.3. The largest absolute Gasteiger partial charge is 0.383 e. The van der Waals surface area contributed by atoms with Gasteiger partial charge in [-0.15, -0.1) is 0 Å². The summed E-state index contributed by atoms with van der Waals surface area (Å²) in [4.78, 5) is 30.1. The van der Waals surface area contributed by atoms with E-state index in [9.17, 15) is 14.0 Å². The zero-order valence-corrected chi connectivity index (χ0v) is 15.8. The number of halogens is 1. The SMILES string of the molecule is COCCn1c(S[C@@H](C)C(=O)c2ccc(F)cc2)nc2ccccc2c1=O.